The van der Waals surface area contributed by atoms with Gasteiger partial charge in [-0.1, -0.05) is 15.9 Å². The van der Waals surface area contributed by atoms with Gasteiger partial charge in [-0.25, -0.2) is 9.37 Å². The predicted molar refractivity (Wildman–Crippen MR) is 83.8 cm³/mol. The minimum Gasteiger partial charge on any atom is -0.307 e. The first-order valence-corrected chi connectivity index (χ1v) is 8.40. The van der Waals surface area contributed by atoms with Gasteiger partial charge in [0.2, 0.25) is 0 Å². The first-order valence-electron chi connectivity index (χ1n) is 6.79. The van der Waals surface area contributed by atoms with Crippen molar-refractivity contribution < 1.29 is 4.39 Å². The second-order valence-corrected chi connectivity index (χ2v) is 7.05. The van der Waals surface area contributed by atoms with Crippen LogP contribution in [0.2, 0.25) is 0 Å². The van der Waals surface area contributed by atoms with E-state index in [1.165, 1.54) is 29.5 Å². The Hall–Kier alpha value is -0.780. The third kappa shape index (κ3) is 2.67. The number of rotatable bonds is 3. The Kier molecular flexibility index (Phi) is 4.19. The van der Waals surface area contributed by atoms with Crippen molar-refractivity contribution in [1.82, 2.24) is 10.3 Å². The molecule has 1 aromatic heterocycles. The topological polar surface area (TPSA) is 24.9 Å². The van der Waals surface area contributed by atoms with Crippen LogP contribution in [0.25, 0.3) is 0 Å². The summed E-state index contributed by atoms with van der Waals surface area (Å²) in [6, 6.07) is 4.87. The number of benzene rings is 1. The summed E-state index contributed by atoms with van der Waals surface area (Å²) in [5.74, 6) is -0.194. The van der Waals surface area contributed by atoms with Crippen LogP contribution in [0.4, 0.5) is 4.39 Å². The highest BCUT2D eigenvalue weighted by molar-refractivity contribution is 9.10. The summed E-state index contributed by atoms with van der Waals surface area (Å²) in [7, 11) is 1.85. The van der Waals surface area contributed by atoms with E-state index in [2.05, 4.69) is 21.2 Å². The standard InChI is InChI=1S/C15H16BrFN2S/c1-18-14(10-8-9(16)6-7-11(10)17)15-19-12-4-2-3-5-13(12)20-15/h6-8,14,18H,2-5H2,1H3. The van der Waals surface area contributed by atoms with Crippen LogP contribution in [0.15, 0.2) is 22.7 Å². The summed E-state index contributed by atoms with van der Waals surface area (Å²) in [6.45, 7) is 0. The molecular formula is C15H16BrFN2S. The van der Waals surface area contributed by atoms with Gasteiger partial charge in [-0.2, -0.15) is 0 Å². The van der Waals surface area contributed by atoms with E-state index in [1.54, 1.807) is 17.4 Å². The largest absolute Gasteiger partial charge is 0.307 e. The number of fused-ring (bicyclic) bond motifs is 1. The number of halogens is 2. The number of aryl methyl sites for hydroxylation is 2. The Morgan fingerprint density at radius 3 is 2.90 bits per heavy atom. The van der Waals surface area contributed by atoms with E-state index < -0.39 is 0 Å². The van der Waals surface area contributed by atoms with Crippen molar-refractivity contribution in [2.45, 2.75) is 31.7 Å². The van der Waals surface area contributed by atoms with Crippen molar-refractivity contribution >= 4 is 27.3 Å². The van der Waals surface area contributed by atoms with E-state index >= 15 is 0 Å². The average Bonchev–Trinajstić information content (AvgIpc) is 2.87. The fourth-order valence-electron chi connectivity index (χ4n) is 2.64. The molecule has 1 aliphatic carbocycles. The Morgan fingerprint density at radius 1 is 1.35 bits per heavy atom. The fraction of sp³-hybridized carbons (Fsp3) is 0.400. The molecule has 1 N–H and O–H groups in total. The van der Waals surface area contributed by atoms with Crippen molar-refractivity contribution in [2.75, 3.05) is 7.05 Å². The first kappa shape index (κ1) is 14.2. The molecule has 1 aromatic carbocycles. The third-order valence-corrected chi connectivity index (χ3v) is 5.38. The molecule has 0 spiro atoms. The molecule has 0 amide bonds. The summed E-state index contributed by atoms with van der Waals surface area (Å²) >= 11 is 5.13. The van der Waals surface area contributed by atoms with Crippen molar-refractivity contribution in [2.24, 2.45) is 0 Å². The van der Waals surface area contributed by atoms with Crippen LogP contribution in [0, 0.1) is 5.82 Å². The molecule has 0 bridgehead atoms. The predicted octanol–water partition coefficient (Wildman–Crippen LogP) is 4.23. The summed E-state index contributed by atoms with van der Waals surface area (Å²) in [5.41, 5.74) is 1.86. The van der Waals surface area contributed by atoms with Crippen LogP contribution < -0.4 is 5.32 Å². The van der Waals surface area contributed by atoms with Gasteiger partial charge in [-0.05, 0) is 50.9 Å². The Bertz CT molecular complexity index is 603. The molecule has 1 aliphatic rings. The second-order valence-electron chi connectivity index (χ2n) is 5.02. The lowest BCUT2D eigenvalue weighted by molar-refractivity contribution is 0.573. The minimum atomic E-state index is -0.194. The molecule has 0 saturated carbocycles. The number of nitrogens with one attached hydrogen (secondary N) is 1. The number of aromatic nitrogens is 1. The van der Waals surface area contributed by atoms with E-state index in [9.17, 15) is 4.39 Å². The molecule has 1 heterocycles. The maximum absolute atomic E-state index is 14.1. The van der Waals surface area contributed by atoms with Gasteiger partial charge in [0.05, 0.1) is 11.7 Å². The van der Waals surface area contributed by atoms with Crippen molar-refractivity contribution in [3.05, 3.63) is 49.6 Å². The van der Waals surface area contributed by atoms with Gasteiger partial charge in [-0.3, -0.25) is 0 Å². The molecule has 106 valence electrons. The SMILES string of the molecule is CNC(c1nc2c(s1)CCCC2)c1cc(Br)ccc1F. The Labute approximate surface area is 130 Å². The smallest absolute Gasteiger partial charge is 0.128 e. The van der Waals surface area contributed by atoms with E-state index in [-0.39, 0.29) is 11.9 Å². The molecule has 2 nitrogen and oxygen atoms in total. The molecular weight excluding hydrogens is 339 g/mol. The lowest BCUT2D eigenvalue weighted by Crippen LogP contribution is -2.19. The van der Waals surface area contributed by atoms with Gasteiger partial charge in [-0.15, -0.1) is 11.3 Å². The lowest BCUT2D eigenvalue weighted by atomic mass is 10.0. The van der Waals surface area contributed by atoms with Crippen LogP contribution in [0.5, 0.6) is 0 Å². The summed E-state index contributed by atoms with van der Waals surface area (Å²) in [5, 5.41) is 4.17. The maximum Gasteiger partial charge on any atom is 0.128 e. The zero-order valence-corrected chi connectivity index (χ0v) is 13.7. The maximum atomic E-state index is 14.1. The molecule has 0 aliphatic heterocycles. The number of nitrogens with zero attached hydrogens (tertiary/aromatic N) is 1. The molecule has 2 aromatic rings. The summed E-state index contributed by atoms with van der Waals surface area (Å²) < 4.78 is 15.0. The van der Waals surface area contributed by atoms with Crippen LogP contribution in [0.3, 0.4) is 0 Å². The van der Waals surface area contributed by atoms with Gasteiger partial charge in [0, 0.05) is 14.9 Å². The molecule has 0 radical (unpaired) electrons. The quantitative estimate of drug-likeness (QED) is 0.891. The molecule has 5 heteroatoms. The summed E-state index contributed by atoms with van der Waals surface area (Å²) in [6.07, 6.45) is 4.63. The highest BCUT2D eigenvalue weighted by Gasteiger charge is 2.23. The monoisotopic (exact) mass is 354 g/mol. The van der Waals surface area contributed by atoms with E-state index in [0.717, 1.165) is 22.3 Å². The molecule has 1 unspecified atom stereocenters. The zero-order valence-electron chi connectivity index (χ0n) is 11.2. The van der Waals surface area contributed by atoms with E-state index in [0.29, 0.717) is 5.56 Å². The van der Waals surface area contributed by atoms with E-state index in [1.807, 2.05) is 13.1 Å². The van der Waals surface area contributed by atoms with Gasteiger partial charge < -0.3 is 5.32 Å². The van der Waals surface area contributed by atoms with Gasteiger partial charge in [0.1, 0.15) is 10.8 Å². The lowest BCUT2D eigenvalue weighted by Gasteiger charge is -2.15. The van der Waals surface area contributed by atoms with Crippen LogP contribution in [0.1, 0.15) is 40.0 Å². The van der Waals surface area contributed by atoms with Crippen LogP contribution >= 0.6 is 27.3 Å². The molecule has 3 rings (SSSR count). The molecule has 1 atom stereocenters. The second kappa shape index (κ2) is 5.92. The number of hydrogen-bond acceptors (Lipinski definition) is 3. The normalized spacial score (nSPS) is 15.9. The first-order chi connectivity index (χ1) is 9.69. The van der Waals surface area contributed by atoms with Gasteiger partial charge in [0.15, 0.2) is 0 Å². The average molecular weight is 355 g/mol. The third-order valence-electron chi connectivity index (χ3n) is 3.67. The minimum absolute atomic E-state index is 0.178. The van der Waals surface area contributed by atoms with Crippen molar-refractivity contribution in [3.63, 3.8) is 0 Å². The van der Waals surface area contributed by atoms with E-state index in [4.69, 9.17) is 4.98 Å². The number of hydrogen-bond donors (Lipinski definition) is 1. The fourth-order valence-corrected chi connectivity index (χ4v) is 4.30. The zero-order chi connectivity index (χ0) is 14.1. The van der Waals surface area contributed by atoms with Gasteiger partial charge >= 0.3 is 0 Å². The molecule has 0 fully saturated rings. The highest BCUT2D eigenvalue weighted by atomic mass is 79.9. The van der Waals surface area contributed by atoms with Crippen LogP contribution in [-0.2, 0) is 12.8 Å². The van der Waals surface area contributed by atoms with Crippen LogP contribution in [-0.4, -0.2) is 12.0 Å². The Morgan fingerprint density at radius 2 is 2.15 bits per heavy atom. The summed E-state index contributed by atoms with van der Waals surface area (Å²) in [4.78, 5) is 6.12. The Balaban J connectivity index is 2.01. The van der Waals surface area contributed by atoms with Gasteiger partial charge in [0.25, 0.3) is 0 Å². The molecule has 0 saturated heterocycles. The highest BCUT2D eigenvalue weighted by Crippen LogP contribution is 2.34. The van der Waals surface area contributed by atoms with Crippen molar-refractivity contribution in [1.29, 1.82) is 0 Å². The number of thiazole rings is 1. The molecule has 20 heavy (non-hydrogen) atoms. The van der Waals surface area contributed by atoms with Crippen molar-refractivity contribution in [3.8, 4) is 0 Å².